The van der Waals surface area contributed by atoms with E-state index in [4.69, 9.17) is 11.6 Å². The molecule has 3 nitrogen and oxygen atoms in total. The molecule has 1 heterocycles. The van der Waals surface area contributed by atoms with E-state index in [1.165, 1.54) is 0 Å². The van der Waals surface area contributed by atoms with Crippen LogP contribution in [0, 0.1) is 5.92 Å². The Morgan fingerprint density at radius 2 is 1.94 bits per heavy atom. The van der Waals surface area contributed by atoms with Gasteiger partial charge in [-0.15, -0.1) is 0 Å². The van der Waals surface area contributed by atoms with E-state index < -0.39 is 0 Å². The zero-order valence-electron chi connectivity index (χ0n) is 8.70. The number of carbonyl (C=O) groups is 2. The fraction of sp³-hybridized carbons (Fsp3) is 0.333. The van der Waals surface area contributed by atoms with Gasteiger partial charge in [0.1, 0.15) is 0 Å². The number of imide groups is 1. The molecule has 0 unspecified atom stereocenters. The monoisotopic (exact) mass is 237 g/mol. The Morgan fingerprint density at radius 3 is 2.56 bits per heavy atom. The number of benzene rings is 1. The van der Waals surface area contributed by atoms with E-state index >= 15 is 0 Å². The average molecular weight is 238 g/mol. The van der Waals surface area contributed by atoms with E-state index in [1.54, 1.807) is 0 Å². The zero-order chi connectivity index (χ0) is 11.5. The van der Waals surface area contributed by atoms with Gasteiger partial charge >= 0.3 is 0 Å². The van der Waals surface area contributed by atoms with Gasteiger partial charge in [-0.2, -0.15) is 0 Å². The highest BCUT2D eigenvalue weighted by molar-refractivity contribution is 6.30. The number of carbonyl (C=O) groups excluding carboxylic acids is 2. The van der Waals surface area contributed by atoms with Gasteiger partial charge in [0.15, 0.2) is 0 Å². The minimum Gasteiger partial charge on any atom is -0.296 e. The van der Waals surface area contributed by atoms with Crippen molar-refractivity contribution in [1.29, 1.82) is 0 Å². The summed E-state index contributed by atoms with van der Waals surface area (Å²) in [4.78, 5) is 22.5. The lowest BCUT2D eigenvalue weighted by Crippen LogP contribution is -2.41. The van der Waals surface area contributed by atoms with Crippen LogP contribution in [0.2, 0.25) is 5.02 Å². The lowest BCUT2D eigenvalue weighted by Gasteiger charge is -2.20. The van der Waals surface area contributed by atoms with Gasteiger partial charge in [-0.05, 0) is 30.5 Å². The number of hydrogen-bond acceptors (Lipinski definition) is 2. The third-order valence-electron chi connectivity index (χ3n) is 2.75. The Bertz CT molecular complexity index is 414. The molecule has 0 aromatic heterocycles. The van der Waals surface area contributed by atoms with Crippen molar-refractivity contribution < 1.29 is 9.59 Å². The van der Waals surface area contributed by atoms with E-state index in [0.717, 1.165) is 5.56 Å². The van der Waals surface area contributed by atoms with E-state index in [2.05, 4.69) is 5.32 Å². The molecule has 2 rings (SSSR count). The van der Waals surface area contributed by atoms with Gasteiger partial charge in [0, 0.05) is 17.4 Å². The predicted octanol–water partition coefficient (Wildman–Crippen LogP) is 1.94. The molecule has 16 heavy (non-hydrogen) atoms. The Labute approximate surface area is 98.8 Å². The van der Waals surface area contributed by atoms with Gasteiger partial charge in [-0.25, -0.2) is 0 Å². The first kappa shape index (κ1) is 11.1. The smallest absolute Gasteiger partial charge is 0.230 e. The summed E-state index contributed by atoms with van der Waals surface area (Å²) in [5.41, 5.74) is 1.07. The third kappa shape index (κ3) is 2.61. The molecule has 1 aliphatic heterocycles. The van der Waals surface area contributed by atoms with E-state index in [-0.39, 0.29) is 17.7 Å². The van der Waals surface area contributed by atoms with E-state index in [1.807, 2.05) is 24.3 Å². The highest BCUT2D eigenvalue weighted by Crippen LogP contribution is 2.19. The van der Waals surface area contributed by atoms with Crippen LogP contribution in [0.3, 0.4) is 0 Å². The van der Waals surface area contributed by atoms with Crippen LogP contribution in [0.4, 0.5) is 0 Å². The summed E-state index contributed by atoms with van der Waals surface area (Å²) >= 11 is 5.78. The van der Waals surface area contributed by atoms with Crippen molar-refractivity contribution >= 4 is 23.4 Å². The number of rotatable bonds is 2. The molecule has 0 bridgehead atoms. The maximum atomic E-state index is 11.5. The second-order valence-corrected chi connectivity index (χ2v) is 4.42. The molecule has 1 saturated heterocycles. The second kappa shape index (κ2) is 4.66. The molecule has 1 aromatic rings. The van der Waals surface area contributed by atoms with E-state index in [0.29, 0.717) is 24.3 Å². The normalized spacial score (nSPS) is 20.7. The molecule has 1 fully saturated rings. The molecule has 1 aliphatic rings. The first-order chi connectivity index (χ1) is 7.65. The van der Waals surface area contributed by atoms with Gasteiger partial charge in [-0.3, -0.25) is 14.9 Å². The van der Waals surface area contributed by atoms with Crippen LogP contribution >= 0.6 is 11.6 Å². The Balaban J connectivity index is 2.02. The fourth-order valence-electron chi connectivity index (χ4n) is 1.84. The maximum absolute atomic E-state index is 11.5. The predicted molar refractivity (Wildman–Crippen MR) is 61.0 cm³/mol. The average Bonchev–Trinajstić information content (AvgIpc) is 2.25. The van der Waals surface area contributed by atoms with Crippen molar-refractivity contribution in [2.24, 2.45) is 5.92 Å². The molecular formula is C12H12ClNO2. The summed E-state index contributed by atoms with van der Waals surface area (Å²) in [7, 11) is 0. The summed E-state index contributed by atoms with van der Waals surface area (Å²) in [5.74, 6) is -0.428. The van der Waals surface area contributed by atoms with Crippen molar-refractivity contribution in [3.8, 4) is 0 Å². The topological polar surface area (TPSA) is 46.2 Å². The molecule has 2 amide bonds. The highest BCUT2D eigenvalue weighted by Gasteiger charge is 2.26. The summed E-state index contributed by atoms with van der Waals surface area (Å²) in [6.45, 7) is 0. The Morgan fingerprint density at radius 1 is 1.25 bits per heavy atom. The summed E-state index contributed by atoms with van der Waals surface area (Å²) < 4.78 is 0. The minimum absolute atomic E-state index is 0.0983. The quantitative estimate of drug-likeness (QED) is 0.799. The third-order valence-corrected chi connectivity index (χ3v) is 3.00. The fourth-order valence-corrected chi connectivity index (χ4v) is 1.96. The molecule has 1 aromatic carbocycles. The maximum Gasteiger partial charge on any atom is 0.230 e. The van der Waals surface area contributed by atoms with Crippen LogP contribution in [-0.2, 0) is 16.0 Å². The molecule has 84 valence electrons. The lowest BCUT2D eigenvalue weighted by atomic mass is 9.91. The number of hydrogen-bond donors (Lipinski definition) is 1. The van der Waals surface area contributed by atoms with Crippen molar-refractivity contribution in [1.82, 2.24) is 5.32 Å². The summed E-state index contributed by atoms with van der Waals surface area (Å²) in [6.07, 6.45) is 1.73. The van der Waals surface area contributed by atoms with Gasteiger partial charge in [0.2, 0.25) is 11.8 Å². The van der Waals surface area contributed by atoms with Crippen molar-refractivity contribution in [2.45, 2.75) is 19.3 Å². The van der Waals surface area contributed by atoms with Crippen molar-refractivity contribution in [2.75, 3.05) is 0 Å². The Kier molecular flexibility index (Phi) is 3.25. The molecule has 1 atom stereocenters. The largest absolute Gasteiger partial charge is 0.296 e. The van der Waals surface area contributed by atoms with Gasteiger partial charge in [0.25, 0.3) is 0 Å². The highest BCUT2D eigenvalue weighted by atomic mass is 35.5. The molecular weight excluding hydrogens is 226 g/mol. The van der Waals surface area contributed by atoms with Crippen LogP contribution in [0.1, 0.15) is 18.4 Å². The number of halogens is 1. The van der Waals surface area contributed by atoms with Crippen LogP contribution < -0.4 is 5.32 Å². The van der Waals surface area contributed by atoms with Gasteiger partial charge < -0.3 is 0 Å². The van der Waals surface area contributed by atoms with E-state index in [9.17, 15) is 9.59 Å². The van der Waals surface area contributed by atoms with Crippen LogP contribution in [0.15, 0.2) is 24.3 Å². The molecule has 4 heteroatoms. The SMILES string of the molecule is O=C1CC[C@@H](Cc2ccc(Cl)cc2)C(=O)N1. The standard InChI is InChI=1S/C12H12ClNO2/c13-10-4-1-8(2-5-10)7-9-3-6-11(15)14-12(9)16/h1-2,4-5,9H,3,6-7H2,(H,14,15,16)/t9-/m0/s1. The summed E-state index contributed by atoms with van der Waals surface area (Å²) in [5, 5.41) is 3.04. The van der Waals surface area contributed by atoms with Gasteiger partial charge in [-0.1, -0.05) is 23.7 Å². The number of piperidine rings is 1. The lowest BCUT2D eigenvalue weighted by molar-refractivity contribution is -0.136. The first-order valence-corrected chi connectivity index (χ1v) is 5.61. The molecule has 0 spiro atoms. The Hall–Kier alpha value is -1.35. The van der Waals surface area contributed by atoms with Crippen LogP contribution in [0.25, 0.3) is 0 Å². The molecule has 0 aliphatic carbocycles. The number of amides is 2. The van der Waals surface area contributed by atoms with Crippen LogP contribution in [-0.4, -0.2) is 11.8 Å². The minimum atomic E-state index is -0.169. The van der Waals surface area contributed by atoms with Crippen LogP contribution in [0.5, 0.6) is 0 Å². The number of nitrogens with one attached hydrogen (secondary N) is 1. The van der Waals surface area contributed by atoms with Crippen molar-refractivity contribution in [3.63, 3.8) is 0 Å². The van der Waals surface area contributed by atoms with Crippen molar-refractivity contribution in [3.05, 3.63) is 34.9 Å². The first-order valence-electron chi connectivity index (χ1n) is 5.23. The molecule has 0 radical (unpaired) electrons. The summed E-state index contributed by atoms with van der Waals surface area (Å²) in [6, 6.07) is 7.43. The molecule has 1 N–H and O–H groups in total. The molecule has 0 saturated carbocycles. The second-order valence-electron chi connectivity index (χ2n) is 3.98. The zero-order valence-corrected chi connectivity index (χ0v) is 9.46. The van der Waals surface area contributed by atoms with Gasteiger partial charge in [0.05, 0.1) is 0 Å².